The van der Waals surface area contributed by atoms with Gasteiger partial charge in [0.2, 0.25) is 0 Å². The van der Waals surface area contributed by atoms with E-state index in [0.29, 0.717) is 6.04 Å². The maximum atomic E-state index is 3.81. The van der Waals surface area contributed by atoms with Gasteiger partial charge in [-0.3, -0.25) is 4.90 Å². The smallest absolute Gasteiger partial charge is 0.0375 e. The number of fused-ring (bicyclic) bond motifs is 1. The first-order valence-corrected chi connectivity index (χ1v) is 7.05. The molecule has 1 atom stereocenters. The lowest BCUT2D eigenvalue weighted by molar-refractivity contribution is 0.340. The summed E-state index contributed by atoms with van der Waals surface area (Å²) in [5.41, 5.74) is 4.20. The van der Waals surface area contributed by atoms with Crippen molar-refractivity contribution in [3.8, 4) is 0 Å². The molecule has 0 amide bonds. The molecule has 0 aromatic heterocycles. The van der Waals surface area contributed by atoms with E-state index in [1.54, 1.807) is 0 Å². The lowest BCUT2D eigenvalue weighted by Crippen LogP contribution is -2.26. The predicted molar refractivity (Wildman–Crippen MR) is 83.8 cm³/mol. The van der Waals surface area contributed by atoms with E-state index in [0.717, 1.165) is 32.5 Å². The highest BCUT2D eigenvalue weighted by Gasteiger charge is 2.16. The SMILES string of the molecule is C=CCN(CC=C)CCc1ccc2c(c1)CC(C)N2. The molecular weight excluding hydrogens is 232 g/mol. The zero-order valence-electron chi connectivity index (χ0n) is 11.9. The van der Waals surface area contributed by atoms with Crippen molar-refractivity contribution in [1.82, 2.24) is 4.90 Å². The van der Waals surface area contributed by atoms with E-state index in [1.165, 1.54) is 16.8 Å². The van der Waals surface area contributed by atoms with Gasteiger partial charge in [-0.15, -0.1) is 13.2 Å². The van der Waals surface area contributed by atoms with Gasteiger partial charge in [0.1, 0.15) is 0 Å². The van der Waals surface area contributed by atoms with Crippen LogP contribution in [-0.2, 0) is 12.8 Å². The summed E-state index contributed by atoms with van der Waals surface area (Å²) < 4.78 is 0. The number of nitrogens with zero attached hydrogens (tertiary/aromatic N) is 1. The molecule has 1 aliphatic rings. The topological polar surface area (TPSA) is 15.3 Å². The number of anilines is 1. The van der Waals surface area contributed by atoms with Gasteiger partial charge in [-0.1, -0.05) is 24.3 Å². The van der Waals surface area contributed by atoms with Crippen molar-refractivity contribution in [2.45, 2.75) is 25.8 Å². The third-order valence-corrected chi connectivity index (χ3v) is 3.59. The van der Waals surface area contributed by atoms with Crippen LogP contribution < -0.4 is 5.32 Å². The second-order valence-corrected chi connectivity index (χ2v) is 5.33. The number of nitrogens with one attached hydrogen (secondary N) is 1. The van der Waals surface area contributed by atoms with Crippen molar-refractivity contribution < 1.29 is 0 Å². The highest BCUT2D eigenvalue weighted by Crippen LogP contribution is 2.26. The highest BCUT2D eigenvalue weighted by atomic mass is 15.1. The van der Waals surface area contributed by atoms with Gasteiger partial charge in [0.05, 0.1) is 0 Å². The number of hydrogen-bond donors (Lipinski definition) is 1. The zero-order chi connectivity index (χ0) is 13.7. The Morgan fingerprint density at radius 3 is 2.74 bits per heavy atom. The van der Waals surface area contributed by atoms with Crippen LogP contribution in [0.1, 0.15) is 18.1 Å². The molecule has 1 aliphatic heterocycles. The Morgan fingerprint density at radius 2 is 2.05 bits per heavy atom. The summed E-state index contributed by atoms with van der Waals surface area (Å²) in [4.78, 5) is 2.36. The molecule has 0 aliphatic carbocycles. The molecule has 0 bridgehead atoms. The standard InChI is InChI=1S/C17H24N2/c1-4-9-19(10-5-2)11-8-15-6-7-17-16(13-15)12-14(3)18-17/h4-7,13-14,18H,1-2,8-12H2,3H3. The second-order valence-electron chi connectivity index (χ2n) is 5.33. The van der Waals surface area contributed by atoms with Crippen LogP contribution in [0.2, 0.25) is 0 Å². The van der Waals surface area contributed by atoms with Crippen LogP contribution >= 0.6 is 0 Å². The molecule has 1 heterocycles. The summed E-state index contributed by atoms with van der Waals surface area (Å²) in [6.45, 7) is 12.8. The molecule has 1 aromatic rings. The summed E-state index contributed by atoms with van der Waals surface area (Å²) in [6, 6.07) is 7.39. The summed E-state index contributed by atoms with van der Waals surface area (Å²) in [5.74, 6) is 0. The monoisotopic (exact) mass is 256 g/mol. The molecule has 1 aromatic carbocycles. The molecule has 102 valence electrons. The van der Waals surface area contributed by atoms with E-state index in [9.17, 15) is 0 Å². The maximum absolute atomic E-state index is 3.81. The van der Waals surface area contributed by atoms with Crippen molar-refractivity contribution in [3.63, 3.8) is 0 Å². The summed E-state index contributed by atoms with van der Waals surface area (Å²) in [7, 11) is 0. The molecule has 0 spiro atoms. The average Bonchev–Trinajstić information content (AvgIpc) is 2.75. The van der Waals surface area contributed by atoms with E-state index in [1.807, 2.05) is 12.2 Å². The van der Waals surface area contributed by atoms with Crippen molar-refractivity contribution in [2.24, 2.45) is 0 Å². The molecule has 2 nitrogen and oxygen atoms in total. The molecule has 0 radical (unpaired) electrons. The van der Waals surface area contributed by atoms with Crippen LogP contribution in [0.5, 0.6) is 0 Å². The minimum absolute atomic E-state index is 0.572. The van der Waals surface area contributed by atoms with Crippen molar-refractivity contribution in [2.75, 3.05) is 25.0 Å². The van der Waals surface area contributed by atoms with Gasteiger partial charge in [-0.05, 0) is 37.0 Å². The van der Waals surface area contributed by atoms with Gasteiger partial charge in [-0.2, -0.15) is 0 Å². The van der Waals surface area contributed by atoms with E-state index < -0.39 is 0 Å². The summed E-state index contributed by atoms with van der Waals surface area (Å²) in [6.07, 6.45) is 6.14. The van der Waals surface area contributed by atoms with Crippen LogP contribution in [0.3, 0.4) is 0 Å². The van der Waals surface area contributed by atoms with Gasteiger partial charge in [0.15, 0.2) is 0 Å². The molecule has 0 saturated carbocycles. The minimum atomic E-state index is 0.572. The Morgan fingerprint density at radius 1 is 1.32 bits per heavy atom. The quantitative estimate of drug-likeness (QED) is 0.753. The molecule has 1 unspecified atom stereocenters. The maximum Gasteiger partial charge on any atom is 0.0375 e. The first kappa shape index (κ1) is 13.9. The van der Waals surface area contributed by atoms with Crippen molar-refractivity contribution in [1.29, 1.82) is 0 Å². The van der Waals surface area contributed by atoms with Gasteiger partial charge < -0.3 is 5.32 Å². The fraction of sp³-hybridized carbons (Fsp3) is 0.412. The van der Waals surface area contributed by atoms with Gasteiger partial charge in [0.25, 0.3) is 0 Å². The lowest BCUT2D eigenvalue weighted by atomic mass is 10.0. The van der Waals surface area contributed by atoms with Crippen LogP contribution in [-0.4, -0.2) is 30.6 Å². The van der Waals surface area contributed by atoms with Gasteiger partial charge >= 0.3 is 0 Å². The Labute approximate surface area is 116 Å². The number of rotatable bonds is 7. The normalized spacial score (nSPS) is 17.1. The fourth-order valence-electron chi connectivity index (χ4n) is 2.67. The molecule has 0 saturated heterocycles. The number of benzene rings is 1. The highest BCUT2D eigenvalue weighted by molar-refractivity contribution is 5.57. The van der Waals surface area contributed by atoms with Crippen LogP contribution in [0.15, 0.2) is 43.5 Å². The number of hydrogen-bond acceptors (Lipinski definition) is 2. The first-order chi connectivity index (χ1) is 9.22. The predicted octanol–water partition coefficient (Wildman–Crippen LogP) is 3.26. The molecule has 0 fully saturated rings. The summed E-state index contributed by atoms with van der Waals surface area (Å²) >= 11 is 0. The Bertz CT molecular complexity index is 441. The van der Waals surface area contributed by atoms with E-state index >= 15 is 0 Å². The summed E-state index contributed by atoms with van der Waals surface area (Å²) in [5, 5.41) is 3.49. The Hall–Kier alpha value is -1.54. The fourth-order valence-corrected chi connectivity index (χ4v) is 2.67. The van der Waals surface area contributed by atoms with Gasteiger partial charge in [-0.25, -0.2) is 0 Å². The second kappa shape index (κ2) is 6.58. The largest absolute Gasteiger partial charge is 0.382 e. The van der Waals surface area contributed by atoms with E-state index in [4.69, 9.17) is 0 Å². The van der Waals surface area contributed by atoms with Crippen LogP contribution in [0, 0.1) is 0 Å². The molecule has 19 heavy (non-hydrogen) atoms. The molecular formula is C17H24N2. The third kappa shape index (κ3) is 3.71. The molecule has 2 rings (SSSR count). The van der Waals surface area contributed by atoms with E-state index in [2.05, 4.69) is 48.5 Å². The average molecular weight is 256 g/mol. The minimum Gasteiger partial charge on any atom is -0.382 e. The van der Waals surface area contributed by atoms with E-state index in [-0.39, 0.29) is 0 Å². The van der Waals surface area contributed by atoms with Crippen LogP contribution in [0.25, 0.3) is 0 Å². The first-order valence-electron chi connectivity index (χ1n) is 7.05. The molecule has 1 N–H and O–H groups in total. The van der Waals surface area contributed by atoms with Gasteiger partial charge in [0, 0.05) is 31.4 Å². The lowest BCUT2D eigenvalue weighted by Gasteiger charge is -2.18. The molecule has 2 heteroatoms. The van der Waals surface area contributed by atoms with Crippen LogP contribution in [0.4, 0.5) is 5.69 Å². The third-order valence-electron chi connectivity index (χ3n) is 3.59. The van der Waals surface area contributed by atoms with Crippen molar-refractivity contribution >= 4 is 5.69 Å². The zero-order valence-corrected chi connectivity index (χ0v) is 11.9. The van der Waals surface area contributed by atoms with Crippen molar-refractivity contribution in [3.05, 3.63) is 54.6 Å². The Balaban J connectivity index is 1.94. The Kier molecular flexibility index (Phi) is 4.80.